The maximum absolute atomic E-state index is 5.50. The minimum Gasteiger partial charge on any atom is -0.381 e. The van der Waals surface area contributed by atoms with Gasteiger partial charge >= 0.3 is 0 Å². The van der Waals surface area contributed by atoms with Crippen molar-refractivity contribution in [3.05, 3.63) is 18.2 Å². The number of ether oxygens (including phenoxy) is 1. The van der Waals surface area contributed by atoms with Gasteiger partial charge in [-0.3, -0.25) is 4.90 Å². The summed E-state index contributed by atoms with van der Waals surface area (Å²) in [5.74, 6) is 0.803. The third-order valence-electron chi connectivity index (χ3n) is 5.21. The maximum Gasteiger partial charge on any atom is 0.0952 e. The number of nitrogens with zero attached hydrogens (tertiary/aromatic N) is 4. The van der Waals surface area contributed by atoms with Crippen molar-refractivity contribution >= 4 is 0 Å². The molecule has 1 saturated heterocycles. The third-order valence-corrected chi connectivity index (χ3v) is 5.21. The van der Waals surface area contributed by atoms with Gasteiger partial charge in [0.2, 0.25) is 0 Å². The molecule has 0 aliphatic carbocycles. The molecule has 0 bridgehead atoms. The zero-order valence-electron chi connectivity index (χ0n) is 14.1. The van der Waals surface area contributed by atoms with E-state index < -0.39 is 0 Å². The summed E-state index contributed by atoms with van der Waals surface area (Å²) in [4.78, 5) is 9.55. The monoisotopic (exact) mass is 306 g/mol. The van der Waals surface area contributed by atoms with Gasteiger partial charge < -0.3 is 14.2 Å². The summed E-state index contributed by atoms with van der Waals surface area (Å²) < 4.78 is 7.90. The highest BCUT2D eigenvalue weighted by molar-refractivity contribution is 5.05. The van der Waals surface area contributed by atoms with Crippen LogP contribution in [0.2, 0.25) is 0 Å². The van der Waals surface area contributed by atoms with Crippen LogP contribution in [0, 0.1) is 5.92 Å². The van der Waals surface area contributed by atoms with Crippen molar-refractivity contribution in [1.82, 2.24) is 19.4 Å². The van der Waals surface area contributed by atoms with Crippen LogP contribution in [0.3, 0.4) is 0 Å². The summed E-state index contributed by atoms with van der Waals surface area (Å²) in [5.41, 5.74) is 1.37. The summed E-state index contributed by atoms with van der Waals surface area (Å²) in [5, 5.41) is 0. The van der Waals surface area contributed by atoms with Gasteiger partial charge in [-0.2, -0.15) is 0 Å². The minimum atomic E-state index is 0.533. The molecular formula is C17H30N4O. The normalized spacial score (nSPS) is 23.9. The highest BCUT2D eigenvalue weighted by Crippen LogP contribution is 2.25. The molecule has 0 spiro atoms. The highest BCUT2D eigenvalue weighted by atomic mass is 16.5. The Labute approximate surface area is 134 Å². The zero-order valence-corrected chi connectivity index (χ0v) is 14.1. The molecule has 5 nitrogen and oxygen atoms in total. The summed E-state index contributed by atoms with van der Waals surface area (Å²) in [6, 6.07) is 0.533. The standard InChI is InChI=1S/C17H30N4O/c1-3-19(4-2)12-17-13-20(10-15-5-7-22-8-6-15)11-16-9-18-14-21(16)17/h9,14-15,17H,3-8,10-13H2,1-2H3/t17-/m0/s1. The maximum atomic E-state index is 5.50. The van der Waals surface area contributed by atoms with Gasteiger partial charge in [0.25, 0.3) is 0 Å². The van der Waals surface area contributed by atoms with Gasteiger partial charge in [0.05, 0.1) is 18.1 Å². The van der Waals surface area contributed by atoms with Crippen LogP contribution in [0.5, 0.6) is 0 Å². The molecule has 1 atom stereocenters. The van der Waals surface area contributed by atoms with Crippen LogP contribution in [0.4, 0.5) is 0 Å². The Morgan fingerprint density at radius 2 is 2.05 bits per heavy atom. The van der Waals surface area contributed by atoms with Crippen LogP contribution in [0.25, 0.3) is 0 Å². The second-order valence-corrected chi connectivity index (χ2v) is 6.68. The van der Waals surface area contributed by atoms with E-state index >= 15 is 0 Å². The molecular weight excluding hydrogens is 276 g/mol. The zero-order chi connectivity index (χ0) is 15.4. The number of imidazole rings is 1. The SMILES string of the molecule is CCN(CC)C[C@H]1CN(CC2CCOCC2)Cc2cncn21. The highest BCUT2D eigenvalue weighted by Gasteiger charge is 2.28. The fraction of sp³-hybridized carbons (Fsp3) is 0.824. The molecule has 1 aromatic heterocycles. The van der Waals surface area contributed by atoms with Crippen molar-refractivity contribution in [2.75, 3.05) is 45.9 Å². The van der Waals surface area contributed by atoms with E-state index in [9.17, 15) is 0 Å². The van der Waals surface area contributed by atoms with E-state index in [0.717, 1.165) is 51.9 Å². The first-order valence-corrected chi connectivity index (χ1v) is 8.83. The lowest BCUT2D eigenvalue weighted by molar-refractivity contribution is 0.0437. The van der Waals surface area contributed by atoms with E-state index in [4.69, 9.17) is 4.74 Å². The number of likely N-dealkylation sites (N-methyl/N-ethyl adjacent to an activating group) is 1. The summed E-state index contributed by atoms with van der Waals surface area (Å²) in [6.07, 6.45) is 6.51. The molecule has 5 heteroatoms. The molecule has 1 fully saturated rings. The Kier molecular flexibility index (Phi) is 5.50. The molecule has 0 radical (unpaired) electrons. The predicted octanol–water partition coefficient (Wildman–Crippen LogP) is 2.01. The molecule has 124 valence electrons. The lowest BCUT2D eigenvalue weighted by Crippen LogP contribution is -2.44. The number of hydrogen-bond acceptors (Lipinski definition) is 4. The number of aromatic nitrogens is 2. The number of hydrogen-bond donors (Lipinski definition) is 0. The van der Waals surface area contributed by atoms with E-state index in [2.05, 4.69) is 33.2 Å². The second kappa shape index (κ2) is 7.57. The van der Waals surface area contributed by atoms with Crippen molar-refractivity contribution < 1.29 is 4.74 Å². The van der Waals surface area contributed by atoms with Gasteiger partial charge in [-0.25, -0.2) is 4.98 Å². The molecule has 2 aliphatic rings. The summed E-state index contributed by atoms with van der Waals surface area (Å²) >= 11 is 0. The molecule has 0 N–H and O–H groups in total. The molecule has 0 unspecified atom stereocenters. The van der Waals surface area contributed by atoms with E-state index in [-0.39, 0.29) is 0 Å². The largest absolute Gasteiger partial charge is 0.381 e. The van der Waals surface area contributed by atoms with Crippen molar-refractivity contribution in [2.45, 2.75) is 39.3 Å². The van der Waals surface area contributed by atoms with E-state index in [1.165, 1.54) is 25.1 Å². The van der Waals surface area contributed by atoms with Gasteiger partial charge in [-0.05, 0) is 31.8 Å². The summed E-state index contributed by atoms with van der Waals surface area (Å²) in [7, 11) is 0. The topological polar surface area (TPSA) is 33.5 Å². The van der Waals surface area contributed by atoms with Gasteiger partial charge in [-0.1, -0.05) is 13.8 Å². The number of fused-ring (bicyclic) bond motifs is 1. The third kappa shape index (κ3) is 3.70. The average Bonchev–Trinajstić information content (AvgIpc) is 3.02. The molecule has 2 aliphatic heterocycles. The smallest absolute Gasteiger partial charge is 0.0952 e. The lowest BCUT2D eigenvalue weighted by Gasteiger charge is -2.38. The Bertz CT molecular complexity index is 451. The van der Waals surface area contributed by atoms with Crippen LogP contribution < -0.4 is 0 Å². The summed E-state index contributed by atoms with van der Waals surface area (Å²) in [6.45, 7) is 13.2. The van der Waals surface area contributed by atoms with Gasteiger partial charge in [-0.15, -0.1) is 0 Å². The Balaban J connectivity index is 1.65. The first kappa shape index (κ1) is 16.0. The van der Waals surface area contributed by atoms with Crippen molar-refractivity contribution in [3.63, 3.8) is 0 Å². The fourth-order valence-electron chi connectivity index (χ4n) is 3.82. The van der Waals surface area contributed by atoms with E-state index in [1.54, 1.807) is 0 Å². The van der Waals surface area contributed by atoms with Gasteiger partial charge in [0, 0.05) is 45.6 Å². The first-order chi connectivity index (χ1) is 10.8. The molecule has 1 aromatic rings. The Hall–Kier alpha value is -0.910. The fourth-order valence-corrected chi connectivity index (χ4v) is 3.82. The Morgan fingerprint density at radius 3 is 2.77 bits per heavy atom. The number of rotatable bonds is 6. The molecule has 0 saturated carbocycles. The first-order valence-electron chi connectivity index (χ1n) is 8.83. The van der Waals surface area contributed by atoms with E-state index in [1.807, 2.05) is 12.5 Å². The molecule has 0 aromatic carbocycles. The van der Waals surface area contributed by atoms with Crippen LogP contribution in [-0.2, 0) is 11.3 Å². The van der Waals surface area contributed by atoms with Crippen LogP contribution in [-0.4, -0.2) is 65.3 Å². The van der Waals surface area contributed by atoms with Crippen molar-refractivity contribution in [1.29, 1.82) is 0 Å². The van der Waals surface area contributed by atoms with Crippen molar-refractivity contribution in [2.24, 2.45) is 5.92 Å². The predicted molar refractivity (Wildman–Crippen MR) is 87.9 cm³/mol. The van der Waals surface area contributed by atoms with Crippen LogP contribution in [0.15, 0.2) is 12.5 Å². The molecule has 22 heavy (non-hydrogen) atoms. The lowest BCUT2D eigenvalue weighted by atomic mass is 9.99. The average molecular weight is 306 g/mol. The Morgan fingerprint density at radius 1 is 1.27 bits per heavy atom. The van der Waals surface area contributed by atoms with Gasteiger partial charge in [0.1, 0.15) is 0 Å². The quantitative estimate of drug-likeness (QED) is 0.805. The molecule has 3 heterocycles. The van der Waals surface area contributed by atoms with E-state index in [0.29, 0.717) is 6.04 Å². The van der Waals surface area contributed by atoms with Crippen LogP contribution in [0.1, 0.15) is 38.4 Å². The van der Waals surface area contributed by atoms with Gasteiger partial charge in [0.15, 0.2) is 0 Å². The van der Waals surface area contributed by atoms with Crippen molar-refractivity contribution in [3.8, 4) is 0 Å². The molecule has 0 amide bonds. The van der Waals surface area contributed by atoms with Crippen LogP contribution >= 0.6 is 0 Å². The second-order valence-electron chi connectivity index (χ2n) is 6.68. The molecule has 3 rings (SSSR count). The minimum absolute atomic E-state index is 0.533.